The maximum absolute atomic E-state index is 14.9. The third-order valence-corrected chi connectivity index (χ3v) is 8.06. The number of carbonyl (C=O) groups is 2. The van der Waals surface area contributed by atoms with Gasteiger partial charge in [0.05, 0.1) is 17.6 Å². The van der Waals surface area contributed by atoms with Crippen molar-refractivity contribution in [2.24, 2.45) is 10.8 Å². The molecule has 2 aliphatic heterocycles. The topological polar surface area (TPSA) is 92.4 Å². The minimum absolute atomic E-state index is 0.114. The van der Waals surface area contributed by atoms with Crippen LogP contribution in [-0.4, -0.2) is 63.5 Å². The fourth-order valence-corrected chi connectivity index (χ4v) is 5.25. The molecule has 1 aliphatic carbocycles. The van der Waals surface area contributed by atoms with E-state index in [1.54, 1.807) is 4.90 Å². The van der Waals surface area contributed by atoms with E-state index in [9.17, 15) is 27.2 Å². The highest BCUT2D eigenvalue weighted by Crippen LogP contribution is 2.49. The molecule has 0 radical (unpaired) electrons. The average Bonchev–Trinajstić information content (AvgIpc) is 3.36. The molecule has 1 unspecified atom stereocenters. The molecule has 1 aromatic carbocycles. The van der Waals surface area contributed by atoms with Crippen LogP contribution >= 0.6 is 11.3 Å². The minimum atomic E-state index is -3.86. The Balaban J connectivity index is 0.000000529. The van der Waals surface area contributed by atoms with Gasteiger partial charge in [-0.3, -0.25) is 14.6 Å². The van der Waals surface area contributed by atoms with E-state index in [2.05, 4.69) is 29.0 Å². The Hall–Kier alpha value is -3.35. The quantitative estimate of drug-likeness (QED) is 0.344. The van der Waals surface area contributed by atoms with Gasteiger partial charge in [0, 0.05) is 37.2 Å². The number of rotatable bonds is 5. The highest BCUT2D eigenvalue weighted by atomic mass is 32.1. The van der Waals surface area contributed by atoms with E-state index in [4.69, 9.17) is 4.42 Å². The zero-order chi connectivity index (χ0) is 27.3. The van der Waals surface area contributed by atoms with Crippen LogP contribution in [0.25, 0.3) is 0 Å². The molecule has 2 saturated heterocycles. The van der Waals surface area contributed by atoms with E-state index >= 15 is 0 Å². The molecule has 6 rings (SSSR count). The molecule has 1 atom stereocenters. The van der Waals surface area contributed by atoms with E-state index in [1.165, 1.54) is 40.8 Å². The van der Waals surface area contributed by atoms with Gasteiger partial charge in [0.1, 0.15) is 4.88 Å². The summed E-state index contributed by atoms with van der Waals surface area (Å²) in [4.78, 5) is 31.4. The lowest BCUT2D eigenvalue weighted by atomic mass is 9.72. The molecular weight excluding hydrogens is 526 g/mol. The summed E-state index contributed by atoms with van der Waals surface area (Å²) >= 11 is 1.18. The molecule has 2 aromatic heterocycles. The molecule has 8 nitrogen and oxygen atoms in total. The minimum Gasteiger partial charge on any atom is -0.419 e. The van der Waals surface area contributed by atoms with Crippen molar-refractivity contribution in [2.45, 2.75) is 38.5 Å². The van der Waals surface area contributed by atoms with E-state index in [1.807, 2.05) is 0 Å². The first-order valence-corrected chi connectivity index (χ1v) is 12.9. The largest absolute Gasteiger partial charge is 0.419 e. The van der Waals surface area contributed by atoms with Crippen molar-refractivity contribution in [3.8, 4) is 0 Å². The summed E-state index contributed by atoms with van der Waals surface area (Å²) in [5.74, 6) is -8.59. The summed E-state index contributed by atoms with van der Waals surface area (Å²) in [7, 11) is 0. The lowest BCUT2D eigenvalue weighted by Crippen LogP contribution is -2.59. The van der Waals surface area contributed by atoms with Gasteiger partial charge in [0.15, 0.2) is 11.6 Å². The second kappa shape index (κ2) is 9.44. The van der Waals surface area contributed by atoms with Gasteiger partial charge in [0.2, 0.25) is 12.3 Å². The number of amides is 2. The Morgan fingerprint density at radius 2 is 1.87 bits per heavy atom. The van der Waals surface area contributed by atoms with Crippen molar-refractivity contribution >= 4 is 23.7 Å². The molecule has 3 aromatic rings. The first-order chi connectivity index (χ1) is 17.9. The highest BCUT2D eigenvalue weighted by molar-refractivity contribution is 7.11. The highest BCUT2D eigenvalue weighted by Gasteiger charge is 2.58. The molecule has 38 heavy (non-hydrogen) atoms. The monoisotopic (exact) mass is 551 g/mol. The predicted octanol–water partition coefficient (Wildman–Crippen LogP) is 4.45. The smallest absolute Gasteiger partial charge is 0.349 e. The number of alkyl halides is 2. The van der Waals surface area contributed by atoms with Crippen molar-refractivity contribution in [1.82, 2.24) is 25.0 Å². The SMILES string of the molecule is CC1(C)CC1.O=CN1CC2(C1)CN(C(=O)c1cncs1)CC2c1nnc(C(F)(F)c2ccc(F)c(F)c2)o1. The van der Waals surface area contributed by atoms with Crippen LogP contribution in [0.15, 0.2) is 34.3 Å². The fourth-order valence-electron chi connectivity index (χ4n) is 4.67. The Bertz CT molecular complexity index is 1330. The number of nitrogens with zero attached hydrogens (tertiary/aromatic N) is 5. The van der Waals surface area contributed by atoms with Crippen LogP contribution in [0.4, 0.5) is 17.6 Å². The summed E-state index contributed by atoms with van der Waals surface area (Å²) in [5, 5.41) is 7.26. The zero-order valence-electron chi connectivity index (χ0n) is 20.7. The molecule has 3 aliphatic rings. The van der Waals surface area contributed by atoms with Crippen LogP contribution in [0.1, 0.15) is 59.6 Å². The van der Waals surface area contributed by atoms with Crippen LogP contribution in [0.5, 0.6) is 0 Å². The van der Waals surface area contributed by atoms with Gasteiger partial charge in [-0.1, -0.05) is 13.8 Å². The van der Waals surface area contributed by atoms with Gasteiger partial charge in [-0.2, -0.15) is 8.78 Å². The molecule has 0 N–H and O–H groups in total. The van der Waals surface area contributed by atoms with E-state index in [-0.39, 0.29) is 24.9 Å². The van der Waals surface area contributed by atoms with Crippen LogP contribution < -0.4 is 0 Å². The fraction of sp³-hybridized carbons (Fsp3) is 0.480. The van der Waals surface area contributed by atoms with E-state index in [0.717, 1.165) is 11.5 Å². The van der Waals surface area contributed by atoms with Gasteiger partial charge in [-0.05, 0) is 36.5 Å². The number of hydrogen-bond donors (Lipinski definition) is 0. The van der Waals surface area contributed by atoms with Crippen molar-refractivity contribution in [3.63, 3.8) is 0 Å². The van der Waals surface area contributed by atoms with E-state index < -0.39 is 40.3 Å². The van der Waals surface area contributed by atoms with E-state index in [0.29, 0.717) is 36.5 Å². The van der Waals surface area contributed by atoms with Gasteiger partial charge in [-0.15, -0.1) is 21.5 Å². The van der Waals surface area contributed by atoms with Gasteiger partial charge >= 0.3 is 5.92 Å². The molecule has 3 fully saturated rings. The maximum Gasteiger partial charge on any atom is 0.349 e. The van der Waals surface area contributed by atoms with Gasteiger partial charge in [-0.25, -0.2) is 8.78 Å². The Labute approximate surface area is 219 Å². The summed E-state index contributed by atoms with van der Waals surface area (Å²) in [6, 6.07) is 1.70. The number of thiazole rings is 1. The Morgan fingerprint density at radius 3 is 2.45 bits per heavy atom. The number of halogens is 4. The Morgan fingerprint density at radius 1 is 1.16 bits per heavy atom. The summed E-state index contributed by atoms with van der Waals surface area (Å²) in [6.07, 6.45) is 5.02. The van der Waals surface area contributed by atoms with Crippen molar-refractivity contribution in [2.75, 3.05) is 26.2 Å². The number of likely N-dealkylation sites (tertiary alicyclic amines) is 2. The summed E-state index contributed by atoms with van der Waals surface area (Å²) in [6.45, 7) is 5.59. The third kappa shape index (κ3) is 4.91. The predicted molar refractivity (Wildman–Crippen MR) is 127 cm³/mol. The molecule has 13 heteroatoms. The molecule has 2 amide bonds. The zero-order valence-corrected chi connectivity index (χ0v) is 21.5. The van der Waals surface area contributed by atoms with Crippen molar-refractivity contribution < 1.29 is 31.6 Å². The standard InChI is InChI=1S/C20H15F4N5O3S.C5H10/c21-13-2-1-11(3-14(13)22)20(23,24)18-27-26-16(32-18)12-5-29(17(31)15-4-25-9-33-15)8-19(12)6-28(7-19)10-30;1-5(2)3-4-5/h1-4,9-10,12H,5-8H2;3-4H2,1-2H3. The second-order valence-corrected chi connectivity index (χ2v) is 11.7. The summed E-state index contributed by atoms with van der Waals surface area (Å²) in [5.41, 5.74) is 0.816. The van der Waals surface area contributed by atoms with Gasteiger partial charge < -0.3 is 14.2 Å². The number of benzene rings is 1. The van der Waals surface area contributed by atoms with Crippen molar-refractivity contribution in [3.05, 3.63) is 63.8 Å². The third-order valence-electron chi connectivity index (χ3n) is 7.30. The molecular formula is C25H25F4N5O3S. The van der Waals surface area contributed by atoms with Gasteiger partial charge in [0.25, 0.3) is 11.8 Å². The average molecular weight is 552 g/mol. The Kier molecular flexibility index (Phi) is 6.52. The molecule has 4 heterocycles. The number of hydrogen-bond acceptors (Lipinski definition) is 7. The van der Waals surface area contributed by atoms with Crippen molar-refractivity contribution in [1.29, 1.82) is 0 Å². The van der Waals surface area contributed by atoms with Crippen LogP contribution in [0.3, 0.4) is 0 Å². The first kappa shape index (κ1) is 26.3. The van der Waals surface area contributed by atoms with Crippen LogP contribution in [0, 0.1) is 22.5 Å². The molecule has 202 valence electrons. The maximum atomic E-state index is 14.9. The lowest BCUT2D eigenvalue weighted by molar-refractivity contribution is -0.129. The molecule has 1 spiro atoms. The van der Waals surface area contributed by atoms with Crippen LogP contribution in [0.2, 0.25) is 0 Å². The lowest BCUT2D eigenvalue weighted by Gasteiger charge is -2.48. The summed E-state index contributed by atoms with van der Waals surface area (Å²) < 4.78 is 61.8. The number of carbonyl (C=O) groups excluding carboxylic acids is 2. The van der Waals surface area contributed by atoms with Crippen LogP contribution in [-0.2, 0) is 10.7 Å². The molecule has 0 bridgehead atoms. The normalized spacial score (nSPS) is 21.1. The second-order valence-electron chi connectivity index (χ2n) is 10.8. The first-order valence-electron chi connectivity index (χ1n) is 12.0. The number of aromatic nitrogens is 3. The molecule has 1 saturated carbocycles.